The molecule has 3 fully saturated rings. The van der Waals surface area contributed by atoms with E-state index in [0.717, 1.165) is 31.6 Å². The molecule has 0 radical (unpaired) electrons. The maximum Gasteiger partial charge on any atom is 0.313 e. The predicted molar refractivity (Wildman–Crippen MR) is 94.4 cm³/mol. The zero-order chi connectivity index (χ0) is 18.9. The van der Waals surface area contributed by atoms with Gasteiger partial charge in [-0.25, -0.2) is 0 Å². The highest BCUT2D eigenvalue weighted by molar-refractivity contribution is 5.90. The van der Waals surface area contributed by atoms with E-state index in [2.05, 4.69) is 6.92 Å². The summed E-state index contributed by atoms with van der Waals surface area (Å²) in [6.45, 7) is 3.41. The molecular formula is C19H30N2O5. The molecule has 26 heavy (non-hydrogen) atoms. The number of carbonyl (C=O) groups excluding carboxylic acids is 2. The molecule has 7 heteroatoms. The molecule has 1 aliphatic carbocycles. The van der Waals surface area contributed by atoms with Gasteiger partial charge in [0.1, 0.15) is 5.41 Å². The van der Waals surface area contributed by atoms with Crippen molar-refractivity contribution in [1.29, 1.82) is 0 Å². The fourth-order valence-corrected chi connectivity index (χ4v) is 4.75. The number of amides is 2. The van der Waals surface area contributed by atoms with Gasteiger partial charge in [0.05, 0.1) is 12.5 Å². The number of hydrogen-bond donors (Lipinski definition) is 1. The molecule has 0 aromatic rings. The van der Waals surface area contributed by atoms with Gasteiger partial charge in [0.25, 0.3) is 0 Å². The summed E-state index contributed by atoms with van der Waals surface area (Å²) in [7, 11) is 1.48. The highest BCUT2D eigenvalue weighted by Crippen LogP contribution is 2.35. The first-order chi connectivity index (χ1) is 12.4. The summed E-state index contributed by atoms with van der Waals surface area (Å²) in [4.78, 5) is 40.6. The van der Waals surface area contributed by atoms with Crippen molar-refractivity contribution in [2.24, 2.45) is 17.3 Å². The SMILES string of the molecule is COCC1(C(=O)O)CCN(C(=O)C2CC(=O)N(C3CCC(C)CC3)C2)C1. The lowest BCUT2D eigenvalue weighted by molar-refractivity contribution is -0.152. The molecule has 2 atom stereocenters. The molecule has 1 N–H and O–H groups in total. The number of methoxy groups -OCH3 is 1. The summed E-state index contributed by atoms with van der Waals surface area (Å²) in [6, 6.07) is 0.265. The van der Waals surface area contributed by atoms with Crippen LogP contribution in [0.5, 0.6) is 0 Å². The summed E-state index contributed by atoms with van der Waals surface area (Å²) >= 11 is 0. The maximum atomic E-state index is 12.9. The van der Waals surface area contributed by atoms with E-state index < -0.39 is 11.4 Å². The second-order valence-corrected chi connectivity index (χ2v) is 8.39. The molecule has 2 aliphatic heterocycles. The van der Waals surface area contributed by atoms with Gasteiger partial charge in [-0.3, -0.25) is 14.4 Å². The van der Waals surface area contributed by atoms with Crippen LogP contribution in [0.1, 0.15) is 45.4 Å². The second-order valence-electron chi connectivity index (χ2n) is 8.39. The molecule has 2 unspecified atom stereocenters. The van der Waals surface area contributed by atoms with Crippen LogP contribution in [0.15, 0.2) is 0 Å². The summed E-state index contributed by atoms with van der Waals surface area (Å²) in [6.07, 6.45) is 4.97. The molecule has 0 aromatic heterocycles. The van der Waals surface area contributed by atoms with Crippen LogP contribution in [-0.4, -0.2) is 72.1 Å². The molecule has 2 amide bonds. The van der Waals surface area contributed by atoms with E-state index in [1.54, 1.807) is 4.90 Å². The van der Waals surface area contributed by atoms with Crippen molar-refractivity contribution in [3.63, 3.8) is 0 Å². The average molecular weight is 366 g/mol. The Morgan fingerprint density at radius 1 is 1.27 bits per heavy atom. The van der Waals surface area contributed by atoms with Crippen LogP contribution in [-0.2, 0) is 19.1 Å². The number of hydrogen-bond acceptors (Lipinski definition) is 4. The van der Waals surface area contributed by atoms with Crippen LogP contribution >= 0.6 is 0 Å². The Kier molecular flexibility index (Phi) is 5.55. The third kappa shape index (κ3) is 3.59. The van der Waals surface area contributed by atoms with Gasteiger partial charge in [0.15, 0.2) is 0 Å². The van der Waals surface area contributed by atoms with Gasteiger partial charge in [-0.15, -0.1) is 0 Å². The minimum atomic E-state index is -1.02. The lowest BCUT2D eigenvalue weighted by atomic mass is 9.86. The molecule has 0 spiro atoms. The van der Waals surface area contributed by atoms with Crippen molar-refractivity contribution >= 4 is 17.8 Å². The van der Waals surface area contributed by atoms with Crippen LogP contribution in [0, 0.1) is 17.3 Å². The monoisotopic (exact) mass is 366 g/mol. The van der Waals surface area contributed by atoms with E-state index >= 15 is 0 Å². The highest BCUT2D eigenvalue weighted by Gasteiger charge is 2.49. The Morgan fingerprint density at radius 3 is 2.58 bits per heavy atom. The van der Waals surface area contributed by atoms with E-state index in [4.69, 9.17) is 4.74 Å². The van der Waals surface area contributed by atoms with E-state index in [-0.39, 0.29) is 43.3 Å². The van der Waals surface area contributed by atoms with Crippen LogP contribution in [0.3, 0.4) is 0 Å². The lowest BCUT2D eigenvalue weighted by Crippen LogP contribution is -2.43. The molecular weight excluding hydrogens is 336 g/mol. The predicted octanol–water partition coefficient (Wildman–Crippen LogP) is 1.36. The van der Waals surface area contributed by atoms with Crippen molar-refractivity contribution < 1.29 is 24.2 Å². The van der Waals surface area contributed by atoms with Crippen LogP contribution in [0.4, 0.5) is 0 Å². The number of ether oxygens (including phenoxy) is 1. The Bertz CT molecular complexity index is 572. The maximum absolute atomic E-state index is 12.9. The Hall–Kier alpha value is -1.63. The van der Waals surface area contributed by atoms with Gasteiger partial charge in [0, 0.05) is 39.2 Å². The standard InChI is InChI=1S/C19H30N2O5/c1-13-3-5-15(6-4-13)21-10-14(9-16(21)22)17(23)20-8-7-19(11-20,12-26-2)18(24)25/h13-15H,3-12H2,1-2H3,(H,24,25). The van der Waals surface area contributed by atoms with Gasteiger partial charge >= 0.3 is 5.97 Å². The Morgan fingerprint density at radius 2 is 1.96 bits per heavy atom. The largest absolute Gasteiger partial charge is 0.481 e. The first kappa shape index (κ1) is 19.1. The number of carboxylic acids is 1. The summed E-state index contributed by atoms with van der Waals surface area (Å²) < 4.78 is 5.08. The van der Waals surface area contributed by atoms with Gasteiger partial charge in [-0.1, -0.05) is 6.92 Å². The van der Waals surface area contributed by atoms with Crippen molar-refractivity contribution in [2.75, 3.05) is 33.4 Å². The minimum absolute atomic E-state index is 0.0727. The van der Waals surface area contributed by atoms with Gasteiger partial charge in [-0.2, -0.15) is 0 Å². The Balaban J connectivity index is 1.61. The van der Waals surface area contributed by atoms with Gasteiger partial charge < -0.3 is 19.6 Å². The average Bonchev–Trinajstić information content (AvgIpc) is 3.20. The summed E-state index contributed by atoms with van der Waals surface area (Å²) in [5.74, 6) is -0.548. The second kappa shape index (κ2) is 7.55. The number of carboxylic acid groups (broad SMARTS) is 1. The van der Waals surface area contributed by atoms with Crippen LogP contribution in [0.2, 0.25) is 0 Å². The molecule has 0 aromatic carbocycles. The number of rotatable bonds is 5. The third-order valence-corrected chi connectivity index (χ3v) is 6.47. The van der Waals surface area contributed by atoms with Gasteiger partial charge in [-0.05, 0) is 38.0 Å². The number of carbonyl (C=O) groups is 3. The van der Waals surface area contributed by atoms with E-state index in [0.29, 0.717) is 19.5 Å². The molecule has 2 heterocycles. The Labute approximate surface area is 154 Å². The summed E-state index contributed by atoms with van der Waals surface area (Å²) in [5.41, 5.74) is -1.02. The molecule has 2 saturated heterocycles. The molecule has 7 nitrogen and oxygen atoms in total. The molecule has 146 valence electrons. The zero-order valence-electron chi connectivity index (χ0n) is 15.8. The van der Waals surface area contributed by atoms with Crippen molar-refractivity contribution in [1.82, 2.24) is 9.80 Å². The summed E-state index contributed by atoms with van der Waals surface area (Å²) in [5, 5.41) is 9.56. The number of likely N-dealkylation sites (tertiary alicyclic amines) is 2. The topological polar surface area (TPSA) is 87.1 Å². The molecule has 0 bridgehead atoms. The van der Waals surface area contributed by atoms with Crippen LogP contribution in [0.25, 0.3) is 0 Å². The third-order valence-electron chi connectivity index (χ3n) is 6.47. The van der Waals surface area contributed by atoms with Crippen molar-refractivity contribution in [3.8, 4) is 0 Å². The van der Waals surface area contributed by atoms with Crippen molar-refractivity contribution in [3.05, 3.63) is 0 Å². The highest BCUT2D eigenvalue weighted by atomic mass is 16.5. The fourth-order valence-electron chi connectivity index (χ4n) is 4.75. The fraction of sp³-hybridized carbons (Fsp3) is 0.842. The van der Waals surface area contributed by atoms with Crippen LogP contribution < -0.4 is 0 Å². The lowest BCUT2D eigenvalue weighted by Gasteiger charge is -2.33. The molecule has 3 rings (SSSR count). The zero-order valence-corrected chi connectivity index (χ0v) is 15.8. The van der Waals surface area contributed by atoms with E-state index in [1.165, 1.54) is 7.11 Å². The van der Waals surface area contributed by atoms with Gasteiger partial charge in [0.2, 0.25) is 11.8 Å². The van der Waals surface area contributed by atoms with E-state index in [1.807, 2.05) is 4.90 Å². The normalized spacial score (nSPS) is 35.2. The molecule has 1 saturated carbocycles. The first-order valence-electron chi connectivity index (χ1n) is 9.67. The smallest absolute Gasteiger partial charge is 0.313 e. The minimum Gasteiger partial charge on any atom is -0.481 e. The molecule has 3 aliphatic rings. The number of aliphatic carboxylic acids is 1. The first-order valence-corrected chi connectivity index (χ1v) is 9.67. The quantitative estimate of drug-likeness (QED) is 0.794. The number of nitrogens with zero attached hydrogens (tertiary/aromatic N) is 2. The van der Waals surface area contributed by atoms with E-state index in [9.17, 15) is 19.5 Å². The van der Waals surface area contributed by atoms with Crippen molar-refractivity contribution in [2.45, 2.75) is 51.5 Å².